The van der Waals surface area contributed by atoms with Crippen LogP contribution in [-0.2, 0) is 13.2 Å². The number of nitrogens with zero attached hydrogens (tertiary/aromatic N) is 1. The van der Waals surface area contributed by atoms with E-state index in [1.54, 1.807) is 6.07 Å². The minimum Gasteiger partial charge on any atom is -0.487 e. The Morgan fingerprint density at radius 1 is 1.03 bits per heavy atom. The Hall–Kier alpha value is -2.34. The van der Waals surface area contributed by atoms with Crippen molar-refractivity contribution in [3.8, 4) is 5.75 Å². The van der Waals surface area contributed by atoms with Gasteiger partial charge in [0.05, 0.1) is 9.90 Å². The maximum Gasteiger partial charge on any atom is 0.265 e. The molecule has 156 valence electrons. The second-order valence-corrected chi connectivity index (χ2v) is 8.84. The molecular weight excluding hydrogens is 416 g/mol. The van der Waals surface area contributed by atoms with Gasteiger partial charge < -0.3 is 10.1 Å². The van der Waals surface area contributed by atoms with E-state index in [2.05, 4.69) is 22.3 Å². The summed E-state index contributed by atoms with van der Waals surface area (Å²) in [6.45, 7) is 3.71. The number of nitrogens with one attached hydrogen (secondary N) is 1. The lowest BCUT2D eigenvalue weighted by Gasteiger charge is -2.26. The van der Waals surface area contributed by atoms with Crippen LogP contribution in [0.5, 0.6) is 5.75 Å². The van der Waals surface area contributed by atoms with E-state index in [9.17, 15) is 4.79 Å². The molecule has 1 fully saturated rings. The number of hydrogen-bond acceptors (Lipinski definition) is 4. The van der Waals surface area contributed by atoms with E-state index >= 15 is 0 Å². The number of hydrogen-bond donors (Lipinski definition) is 1. The fraction of sp³-hybridized carbons (Fsp3) is 0.292. The minimum absolute atomic E-state index is 0.104. The Balaban J connectivity index is 1.30. The van der Waals surface area contributed by atoms with Crippen LogP contribution in [0.2, 0.25) is 5.02 Å². The monoisotopic (exact) mass is 440 g/mol. The number of anilines is 1. The van der Waals surface area contributed by atoms with Gasteiger partial charge in [-0.15, -0.1) is 11.3 Å². The van der Waals surface area contributed by atoms with Gasteiger partial charge in [0.1, 0.15) is 12.4 Å². The van der Waals surface area contributed by atoms with Gasteiger partial charge in [-0.3, -0.25) is 9.69 Å². The second kappa shape index (κ2) is 10.1. The zero-order valence-corrected chi connectivity index (χ0v) is 18.3. The lowest BCUT2D eigenvalue weighted by Crippen LogP contribution is -2.29. The van der Waals surface area contributed by atoms with E-state index < -0.39 is 0 Å². The average Bonchev–Trinajstić information content (AvgIpc) is 3.25. The van der Waals surface area contributed by atoms with Crippen molar-refractivity contribution in [2.24, 2.45) is 0 Å². The number of likely N-dealkylation sites (tertiary alicyclic amines) is 1. The van der Waals surface area contributed by atoms with E-state index in [1.165, 1.54) is 49.3 Å². The third kappa shape index (κ3) is 5.63. The highest BCUT2D eigenvalue weighted by atomic mass is 35.5. The number of carbonyl (C=O) groups is 1. The smallest absolute Gasteiger partial charge is 0.265 e. The first-order chi connectivity index (χ1) is 14.7. The van der Waals surface area contributed by atoms with Crippen LogP contribution in [0.25, 0.3) is 0 Å². The van der Waals surface area contributed by atoms with Crippen LogP contribution >= 0.6 is 22.9 Å². The number of benzene rings is 2. The van der Waals surface area contributed by atoms with Gasteiger partial charge in [-0.1, -0.05) is 42.3 Å². The maximum atomic E-state index is 12.6. The fourth-order valence-electron chi connectivity index (χ4n) is 3.56. The number of para-hydroxylation sites is 1. The Morgan fingerprint density at radius 3 is 2.57 bits per heavy atom. The van der Waals surface area contributed by atoms with Crippen LogP contribution in [0.1, 0.15) is 40.1 Å². The van der Waals surface area contributed by atoms with Gasteiger partial charge in [0.15, 0.2) is 0 Å². The van der Waals surface area contributed by atoms with E-state index in [4.69, 9.17) is 16.3 Å². The maximum absolute atomic E-state index is 12.6. The molecule has 2 heterocycles. The largest absolute Gasteiger partial charge is 0.487 e. The highest BCUT2D eigenvalue weighted by molar-refractivity contribution is 7.12. The summed E-state index contributed by atoms with van der Waals surface area (Å²) in [7, 11) is 0. The molecule has 6 heteroatoms. The fourth-order valence-corrected chi connectivity index (χ4v) is 4.54. The summed E-state index contributed by atoms with van der Waals surface area (Å²) in [4.78, 5) is 15.7. The van der Waals surface area contributed by atoms with Crippen LogP contribution in [-0.4, -0.2) is 23.9 Å². The average molecular weight is 441 g/mol. The molecule has 1 aromatic heterocycles. The van der Waals surface area contributed by atoms with Crippen molar-refractivity contribution in [2.45, 2.75) is 32.4 Å². The van der Waals surface area contributed by atoms with Gasteiger partial charge in [0.25, 0.3) is 5.91 Å². The first-order valence-electron chi connectivity index (χ1n) is 10.2. The van der Waals surface area contributed by atoms with Crippen molar-refractivity contribution in [2.75, 3.05) is 18.4 Å². The molecular formula is C24H25ClN2O2S. The molecule has 0 atom stereocenters. The molecule has 1 aliphatic heterocycles. The molecule has 0 saturated carbocycles. The highest BCUT2D eigenvalue weighted by Crippen LogP contribution is 2.25. The molecule has 1 aliphatic rings. The van der Waals surface area contributed by atoms with E-state index in [0.717, 1.165) is 17.8 Å². The van der Waals surface area contributed by atoms with Crippen LogP contribution in [0.4, 0.5) is 5.69 Å². The molecule has 0 radical (unpaired) electrons. The summed E-state index contributed by atoms with van der Waals surface area (Å²) in [5.74, 6) is 0.536. The summed E-state index contributed by atoms with van der Waals surface area (Å²) >= 11 is 7.52. The van der Waals surface area contributed by atoms with Crippen molar-refractivity contribution in [3.63, 3.8) is 0 Å². The normalized spacial score (nSPS) is 14.4. The van der Waals surface area contributed by atoms with Crippen LogP contribution < -0.4 is 10.1 Å². The first-order valence-corrected chi connectivity index (χ1v) is 11.5. The Morgan fingerprint density at radius 2 is 1.80 bits per heavy atom. The Labute approximate surface area is 186 Å². The lowest BCUT2D eigenvalue weighted by molar-refractivity contribution is 0.103. The number of halogens is 1. The summed E-state index contributed by atoms with van der Waals surface area (Å²) in [5.41, 5.74) is 3.04. The van der Waals surface area contributed by atoms with E-state index in [0.29, 0.717) is 22.3 Å². The summed E-state index contributed by atoms with van der Waals surface area (Å²) in [6, 6.07) is 17.4. The third-order valence-corrected chi connectivity index (χ3v) is 6.47. The molecule has 0 bridgehead atoms. The van der Waals surface area contributed by atoms with Crippen LogP contribution in [0.15, 0.2) is 60.0 Å². The summed E-state index contributed by atoms with van der Waals surface area (Å²) in [6.07, 6.45) is 3.93. The molecule has 1 amide bonds. The van der Waals surface area contributed by atoms with E-state index in [-0.39, 0.29) is 5.91 Å². The molecule has 0 spiro atoms. The molecule has 3 aromatic rings. The molecule has 1 saturated heterocycles. The van der Waals surface area contributed by atoms with Crippen molar-refractivity contribution in [3.05, 3.63) is 81.0 Å². The molecule has 2 aromatic carbocycles. The lowest BCUT2D eigenvalue weighted by atomic mass is 10.1. The van der Waals surface area contributed by atoms with Crippen LogP contribution in [0, 0.1) is 0 Å². The second-order valence-electron chi connectivity index (χ2n) is 7.53. The molecule has 0 unspecified atom stereocenters. The molecule has 1 N–H and O–H groups in total. The standard InChI is InChI=1S/C24H25ClN2O2S/c25-21-6-2-3-7-22(21)29-16-19-14-23(30-17-19)24(28)26-20-10-8-18(9-11-20)15-27-12-4-1-5-13-27/h2-3,6-11,14,17H,1,4-5,12-13,15-16H2,(H,26,28). The zero-order valence-electron chi connectivity index (χ0n) is 16.8. The predicted molar refractivity (Wildman–Crippen MR) is 124 cm³/mol. The topological polar surface area (TPSA) is 41.6 Å². The highest BCUT2D eigenvalue weighted by Gasteiger charge is 2.12. The number of rotatable bonds is 7. The van der Waals surface area contributed by atoms with Crippen LogP contribution in [0.3, 0.4) is 0 Å². The summed E-state index contributed by atoms with van der Waals surface area (Å²) < 4.78 is 5.75. The van der Waals surface area contributed by atoms with Gasteiger partial charge in [0.2, 0.25) is 0 Å². The van der Waals surface area contributed by atoms with Gasteiger partial charge >= 0.3 is 0 Å². The molecule has 0 aliphatic carbocycles. The van der Waals surface area contributed by atoms with Crippen molar-refractivity contribution in [1.29, 1.82) is 0 Å². The van der Waals surface area contributed by atoms with E-state index in [1.807, 2.05) is 41.8 Å². The summed E-state index contributed by atoms with van der Waals surface area (Å²) in [5, 5.41) is 5.50. The molecule has 4 rings (SSSR count). The number of thiophene rings is 1. The van der Waals surface area contributed by atoms with Crippen molar-refractivity contribution < 1.29 is 9.53 Å². The van der Waals surface area contributed by atoms with Crippen molar-refractivity contribution >= 4 is 34.5 Å². The predicted octanol–water partition coefficient (Wildman–Crippen LogP) is 6.22. The number of piperidine rings is 1. The Bertz CT molecular complexity index is 981. The number of amides is 1. The number of ether oxygens (including phenoxy) is 1. The SMILES string of the molecule is O=C(Nc1ccc(CN2CCCCC2)cc1)c1cc(COc2ccccc2Cl)cs1. The van der Waals surface area contributed by atoms with Gasteiger partial charge in [-0.25, -0.2) is 0 Å². The quantitative estimate of drug-likeness (QED) is 0.474. The number of carbonyl (C=O) groups excluding carboxylic acids is 1. The molecule has 30 heavy (non-hydrogen) atoms. The van der Waals surface area contributed by atoms with Gasteiger partial charge in [-0.2, -0.15) is 0 Å². The van der Waals surface area contributed by atoms with Gasteiger partial charge in [-0.05, 0) is 67.2 Å². The third-order valence-electron chi connectivity index (χ3n) is 5.18. The van der Waals surface area contributed by atoms with Gasteiger partial charge in [0, 0.05) is 17.8 Å². The first kappa shape index (κ1) is 20.9. The zero-order chi connectivity index (χ0) is 20.8. The van der Waals surface area contributed by atoms with Crippen molar-refractivity contribution in [1.82, 2.24) is 4.90 Å². The minimum atomic E-state index is -0.104. The Kier molecular flexibility index (Phi) is 7.05. The molecule has 4 nitrogen and oxygen atoms in total.